The Kier molecular flexibility index (Phi) is 4.00. The molecule has 0 amide bonds. The normalized spacial score (nSPS) is 22.7. The van der Waals surface area contributed by atoms with E-state index in [0.29, 0.717) is 28.5 Å². The van der Waals surface area contributed by atoms with Gasteiger partial charge in [0.1, 0.15) is 5.52 Å². The highest BCUT2D eigenvalue weighted by molar-refractivity contribution is 5.82. The highest BCUT2D eigenvalue weighted by Crippen LogP contribution is 2.37. The Balaban J connectivity index is 1.67. The largest absolute Gasteiger partial charge is 0.310 e. The quantitative estimate of drug-likeness (QED) is 0.530. The van der Waals surface area contributed by atoms with Gasteiger partial charge in [-0.25, -0.2) is 4.52 Å². The van der Waals surface area contributed by atoms with Crippen LogP contribution in [0.2, 0.25) is 0 Å². The van der Waals surface area contributed by atoms with Gasteiger partial charge < -0.3 is 4.57 Å². The van der Waals surface area contributed by atoms with Crippen LogP contribution in [0.15, 0.2) is 53.6 Å². The van der Waals surface area contributed by atoms with Crippen LogP contribution in [-0.4, -0.2) is 24.4 Å². The number of nitrogens with zero attached hydrogens (tertiary/aromatic N) is 5. The van der Waals surface area contributed by atoms with E-state index in [2.05, 4.69) is 29.1 Å². The van der Waals surface area contributed by atoms with Crippen LogP contribution in [0.3, 0.4) is 0 Å². The van der Waals surface area contributed by atoms with E-state index in [1.807, 2.05) is 47.2 Å². The van der Waals surface area contributed by atoms with Crippen LogP contribution in [0.25, 0.3) is 27.8 Å². The van der Waals surface area contributed by atoms with Gasteiger partial charge >= 0.3 is 0 Å². The standard InChI is InChI=1S/C22H23N5O/c1-14-7-6-10-18(15(14)2)26-12-11-19-20(22(26)28)24-25-21-17(13-23-27(19)21)16-8-4-3-5-9-16/h3-5,8-9,11-15,18H,6-7,10H2,1-2H3/t14-,15-,18+/m1/s1. The van der Waals surface area contributed by atoms with Gasteiger partial charge in [-0.1, -0.05) is 57.0 Å². The Labute approximate surface area is 162 Å². The van der Waals surface area contributed by atoms with Gasteiger partial charge in [0.15, 0.2) is 11.2 Å². The van der Waals surface area contributed by atoms with E-state index in [1.54, 1.807) is 10.7 Å². The van der Waals surface area contributed by atoms with E-state index in [9.17, 15) is 4.79 Å². The lowest BCUT2D eigenvalue weighted by molar-refractivity contribution is 0.183. The lowest BCUT2D eigenvalue weighted by atomic mass is 9.78. The van der Waals surface area contributed by atoms with Crippen LogP contribution < -0.4 is 5.56 Å². The van der Waals surface area contributed by atoms with Crippen molar-refractivity contribution in [1.82, 2.24) is 24.4 Å². The first kappa shape index (κ1) is 17.1. The van der Waals surface area contributed by atoms with Crippen molar-refractivity contribution < 1.29 is 0 Å². The highest BCUT2D eigenvalue weighted by atomic mass is 16.1. The first-order valence-corrected chi connectivity index (χ1v) is 9.96. The van der Waals surface area contributed by atoms with Gasteiger partial charge in [-0.05, 0) is 29.9 Å². The smallest absolute Gasteiger partial charge is 0.280 e. The molecule has 3 heterocycles. The third-order valence-electron chi connectivity index (χ3n) is 6.40. The average molecular weight is 373 g/mol. The van der Waals surface area contributed by atoms with Crippen LogP contribution in [0.5, 0.6) is 0 Å². The van der Waals surface area contributed by atoms with Crippen molar-refractivity contribution in [3.63, 3.8) is 0 Å². The van der Waals surface area contributed by atoms with Crippen molar-refractivity contribution in [3.05, 3.63) is 59.1 Å². The van der Waals surface area contributed by atoms with Gasteiger partial charge in [-0.15, -0.1) is 10.2 Å². The molecule has 3 aromatic heterocycles. The molecule has 142 valence electrons. The molecule has 1 fully saturated rings. The molecule has 0 spiro atoms. The van der Waals surface area contributed by atoms with Crippen molar-refractivity contribution in [2.24, 2.45) is 11.8 Å². The summed E-state index contributed by atoms with van der Waals surface area (Å²) in [7, 11) is 0. The predicted molar refractivity (Wildman–Crippen MR) is 109 cm³/mol. The van der Waals surface area contributed by atoms with Gasteiger partial charge in [0.25, 0.3) is 5.56 Å². The third-order valence-corrected chi connectivity index (χ3v) is 6.40. The number of hydrogen-bond acceptors (Lipinski definition) is 4. The molecule has 1 aromatic carbocycles. The Morgan fingerprint density at radius 3 is 2.68 bits per heavy atom. The third kappa shape index (κ3) is 2.55. The first-order chi connectivity index (χ1) is 13.6. The predicted octanol–water partition coefficient (Wildman–Crippen LogP) is 4.10. The van der Waals surface area contributed by atoms with E-state index in [4.69, 9.17) is 0 Å². The molecule has 1 aliphatic carbocycles. The van der Waals surface area contributed by atoms with Crippen LogP contribution in [0, 0.1) is 11.8 Å². The van der Waals surface area contributed by atoms with Crippen LogP contribution in [0.4, 0.5) is 0 Å². The lowest BCUT2D eigenvalue weighted by Gasteiger charge is -2.35. The molecule has 0 bridgehead atoms. The first-order valence-electron chi connectivity index (χ1n) is 9.96. The van der Waals surface area contributed by atoms with E-state index < -0.39 is 0 Å². The molecule has 6 heteroatoms. The van der Waals surface area contributed by atoms with Gasteiger partial charge in [-0.2, -0.15) is 5.10 Å². The molecule has 1 aliphatic rings. The second-order valence-electron chi connectivity index (χ2n) is 7.96. The molecule has 0 radical (unpaired) electrons. The monoisotopic (exact) mass is 373 g/mol. The Hall–Kier alpha value is -3.02. The maximum Gasteiger partial charge on any atom is 0.280 e. The van der Waals surface area contributed by atoms with Crippen molar-refractivity contribution in [2.75, 3.05) is 0 Å². The summed E-state index contributed by atoms with van der Waals surface area (Å²) in [4.78, 5) is 13.2. The number of aromatic nitrogens is 5. The SMILES string of the molecule is C[C@@H]1[C@H](C)CCC[C@@H]1n1ccc2c(nnc3c(-c4ccccc4)cnn32)c1=O. The summed E-state index contributed by atoms with van der Waals surface area (Å²) in [6.45, 7) is 4.53. The molecule has 28 heavy (non-hydrogen) atoms. The summed E-state index contributed by atoms with van der Waals surface area (Å²) >= 11 is 0. The van der Waals surface area contributed by atoms with Gasteiger partial charge in [0.2, 0.25) is 0 Å². The zero-order valence-corrected chi connectivity index (χ0v) is 16.1. The minimum atomic E-state index is -0.0744. The van der Waals surface area contributed by atoms with Crippen molar-refractivity contribution in [1.29, 1.82) is 0 Å². The molecule has 4 aromatic rings. The van der Waals surface area contributed by atoms with Crippen molar-refractivity contribution in [3.8, 4) is 11.1 Å². The lowest BCUT2D eigenvalue weighted by Crippen LogP contribution is -2.34. The molecule has 6 nitrogen and oxygen atoms in total. The number of benzene rings is 1. The molecule has 1 saturated carbocycles. The highest BCUT2D eigenvalue weighted by Gasteiger charge is 2.29. The number of pyridine rings is 1. The number of fused-ring (bicyclic) bond motifs is 3. The molecular weight excluding hydrogens is 350 g/mol. The summed E-state index contributed by atoms with van der Waals surface area (Å²) in [5, 5.41) is 13.2. The number of rotatable bonds is 2. The van der Waals surface area contributed by atoms with Gasteiger partial charge in [0, 0.05) is 17.8 Å². The fourth-order valence-corrected chi connectivity index (χ4v) is 4.54. The van der Waals surface area contributed by atoms with E-state index in [0.717, 1.165) is 24.0 Å². The summed E-state index contributed by atoms with van der Waals surface area (Å²) in [5.74, 6) is 1.09. The Bertz CT molecular complexity index is 1210. The Morgan fingerprint density at radius 2 is 1.86 bits per heavy atom. The Morgan fingerprint density at radius 1 is 1.04 bits per heavy atom. The molecule has 0 aliphatic heterocycles. The van der Waals surface area contributed by atoms with Crippen molar-refractivity contribution in [2.45, 2.75) is 39.2 Å². The molecule has 0 unspecified atom stereocenters. The van der Waals surface area contributed by atoms with Crippen LogP contribution in [0.1, 0.15) is 39.2 Å². The van der Waals surface area contributed by atoms with E-state index in [1.165, 1.54) is 6.42 Å². The molecule has 0 saturated heterocycles. The molecular formula is C22H23N5O. The van der Waals surface area contributed by atoms with Gasteiger partial charge in [-0.3, -0.25) is 4.79 Å². The van der Waals surface area contributed by atoms with Crippen LogP contribution in [-0.2, 0) is 0 Å². The maximum atomic E-state index is 13.2. The maximum absolute atomic E-state index is 13.2. The average Bonchev–Trinajstić information content (AvgIpc) is 3.16. The second-order valence-corrected chi connectivity index (χ2v) is 7.96. The summed E-state index contributed by atoms with van der Waals surface area (Å²) in [5.41, 5.74) is 3.61. The van der Waals surface area contributed by atoms with Crippen molar-refractivity contribution >= 4 is 16.7 Å². The zero-order valence-electron chi connectivity index (χ0n) is 16.1. The molecule has 5 rings (SSSR count). The van der Waals surface area contributed by atoms with Gasteiger partial charge in [0.05, 0.1) is 6.20 Å². The topological polar surface area (TPSA) is 65.1 Å². The minimum Gasteiger partial charge on any atom is -0.310 e. The minimum absolute atomic E-state index is 0.0744. The zero-order chi connectivity index (χ0) is 19.3. The number of hydrogen-bond donors (Lipinski definition) is 0. The van der Waals surface area contributed by atoms with Crippen LogP contribution >= 0.6 is 0 Å². The van der Waals surface area contributed by atoms with E-state index >= 15 is 0 Å². The van der Waals surface area contributed by atoms with E-state index in [-0.39, 0.29) is 11.6 Å². The fraction of sp³-hybridized carbons (Fsp3) is 0.364. The fourth-order valence-electron chi connectivity index (χ4n) is 4.54. The summed E-state index contributed by atoms with van der Waals surface area (Å²) < 4.78 is 3.59. The summed E-state index contributed by atoms with van der Waals surface area (Å²) in [6.07, 6.45) is 7.12. The second kappa shape index (κ2) is 6.55. The summed E-state index contributed by atoms with van der Waals surface area (Å²) in [6, 6.07) is 12.2. The molecule has 0 N–H and O–H groups in total. The molecule has 3 atom stereocenters.